The summed E-state index contributed by atoms with van der Waals surface area (Å²) in [6.07, 6.45) is 8.36. The molecule has 0 aliphatic rings. The number of unbranched alkanes of at least 4 members (excludes halogenated alkanes) is 3. The average molecular weight is 501 g/mol. The third-order valence-corrected chi connectivity index (χ3v) is 7.36. The highest BCUT2D eigenvalue weighted by Crippen LogP contribution is 2.35. The third kappa shape index (κ3) is 7.68. The molecule has 3 nitrogen and oxygen atoms in total. The highest BCUT2D eigenvalue weighted by Gasteiger charge is 2.22. The topological polar surface area (TPSA) is 25.4 Å². The van der Waals surface area contributed by atoms with E-state index in [0.717, 1.165) is 42.9 Å². The van der Waals surface area contributed by atoms with Gasteiger partial charge in [0, 0.05) is 35.5 Å². The van der Waals surface area contributed by atoms with Crippen LogP contribution in [-0.2, 0) is 19.4 Å². The van der Waals surface area contributed by atoms with Gasteiger partial charge in [0.05, 0.1) is 11.8 Å². The minimum Gasteiger partial charge on any atom is -0.491 e. The Labute approximate surface area is 226 Å². The van der Waals surface area contributed by atoms with Crippen molar-refractivity contribution in [2.75, 3.05) is 7.05 Å². The molecule has 3 aromatic rings. The fourth-order valence-electron chi connectivity index (χ4n) is 5.36. The number of benzene rings is 2. The Hall–Kier alpha value is -2.65. The molecule has 37 heavy (non-hydrogen) atoms. The molecule has 0 fully saturated rings. The zero-order valence-corrected chi connectivity index (χ0v) is 24.3. The molecule has 1 atom stereocenters. The lowest BCUT2D eigenvalue weighted by Crippen LogP contribution is -2.25. The number of hydrogen-bond donors (Lipinski definition) is 0. The van der Waals surface area contributed by atoms with Crippen molar-refractivity contribution in [1.82, 2.24) is 9.88 Å². The number of pyridine rings is 1. The van der Waals surface area contributed by atoms with E-state index in [2.05, 4.69) is 108 Å². The second-order valence-electron chi connectivity index (χ2n) is 10.6. The van der Waals surface area contributed by atoms with Crippen LogP contribution in [0.3, 0.4) is 0 Å². The van der Waals surface area contributed by atoms with E-state index in [-0.39, 0.29) is 6.10 Å². The SMILES string of the molecule is CCCCCCC(c1ccccc1)N(C)Cc1c(OC(C)C)cc(-c2c(CC)cccc2CC)nc1C. The first-order valence-electron chi connectivity index (χ1n) is 14.4. The summed E-state index contributed by atoms with van der Waals surface area (Å²) in [7, 11) is 2.26. The van der Waals surface area contributed by atoms with Crippen molar-refractivity contribution in [1.29, 1.82) is 0 Å². The fraction of sp³-hybridized carbons (Fsp3) is 0.500. The fourth-order valence-corrected chi connectivity index (χ4v) is 5.36. The van der Waals surface area contributed by atoms with Crippen molar-refractivity contribution in [3.8, 4) is 17.0 Å². The first-order chi connectivity index (χ1) is 17.9. The van der Waals surface area contributed by atoms with Gasteiger partial charge in [0.1, 0.15) is 5.75 Å². The molecule has 200 valence electrons. The van der Waals surface area contributed by atoms with E-state index in [1.165, 1.54) is 53.5 Å². The van der Waals surface area contributed by atoms with Crippen LogP contribution in [-0.4, -0.2) is 23.0 Å². The largest absolute Gasteiger partial charge is 0.491 e. The van der Waals surface area contributed by atoms with Crippen LogP contribution in [0.25, 0.3) is 11.3 Å². The lowest BCUT2D eigenvalue weighted by atomic mass is 9.93. The van der Waals surface area contributed by atoms with Crippen LogP contribution in [0.5, 0.6) is 5.75 Å². The highest BCUT2D eigenvalue weighted by atomic mass is 16.5. The minimum atomic E-state index is 0.102. The predicted octanol–water partition coefficient (Wildman–Crippen LogP) is 9.11. The van der Waals surface area contributed by atoms with Crippen LogP contribution < -0.4 is 4.74 Å². The maximum atomic E-state index is 6.47. The standard InChI is InChI=1S/C34H48N2O/c1-8-11-12-16-22-32(29-18-14-13-15-19-29)36(7)24-30-26(6)35-31(23-33(30)37-25(4)5)34-27(9-2)20-17-21-28(34)10-3/h13-15,17-21,23,25,32H,8-12,16,22,24H2,1-7H3. The maximum absolute atomic E-state index is 6.47. The minimum absolute atomic E-state index is 0.102. The van der Waals surface area contributed by atoms with Crippen LogP contribution in [0.2, 0.25) is 0 Å². The van der Waals surface area contributed by atoms with Gasteiger partial charge in [0.25, 0.3) is 0 Å². The first kappa shape index (κ1) is 28.9. The Morgan fingerprint density at radius 3 is 2.14 bits per heavy atom. The Balaban J connectivity index is 1.99. The summed E-state index contributed by atoms with van der Waals surface area (Å²) in [6.45, 7) is 13.9. The van der Waals surface area contributed by atoms with Gasteiger partial charge >= 0.3 is 0 Å². The summed E-state index contributed by atoms with van der Waals surface area (Å²) >= 11 is 0. The molecule has 0 amide bonds. The Bertz CT molecular complexity index is 1080. The van der Waals surface area contributed by atoms with Gasteiger partial charge in [0.15, 0.2) is 0 Å². The van der Waals surface area contributed by atoms with Crippen LogP contribution in [0.1, 0.15) is 101 Å². The van der Waals surface area contributed by atoms with Crippen molar-refractivity contribution in [3.63, 3.8) is 0 Å². The van der Waals surface area contributed by atoms with E-state index in [1.807, 2.05) is 0 Å². The molecule has 0 saturated carbocycles. The second-order valence-corrected chi connectivity index (χ2v) is 10.6. The quantitative estimate of drug-likeness (QED) is 0.206. The molecule has 0 saturated heterocycles. The van der Waals surface area contributed by atoms with E-state index >= 15 is 0 Å². The predicted molar refractivity (Wildman–Crippen MR) is 158 cm³/mol. The lowest BCUT2D eigenvalue weighted by Gasteiger charge is -2.30. The van der Waals surface area contributed by atoms with Crippen molar-refractivity contribution in [3.05, 3.63) is 82.5 Å². The number of aromatic nitrogens is 1. The molecule has 2 aromatic carbocycles. The van der Waals surface area contributed by atoms with Gasteiger partial charge in [-0.15, -0.1) is 0 Å². The molecule has 0 bridgehead atoms. The molecule has 0 spiro atoms. The Morgan fingerprint density at radius 2 is 1.54 bits per heavy atom. The third-order valence-electron chi connectivity index (χ3n) is 7.36. The summed E-state index contributed by atoms with van der Waals surface area (Å²) in [5.74, 6) is 0.968. The summed E-state index contributed by atoms with van der Waals surface area (Å²) in [4.78, 5) is 7.69. The smallest absolute Gasteiger partial charge is 0.128 e. The van der Waals surface area contributed by atoms with E-state index in [0.29, 0.717) is 6.04 Å². The summed E-state index contributed by atoms with van der Waals surface area (Å²) in [5, 5.41) is 0. The van der Waals surface area contributed by atoms with Gasteiger partial charge < -0.3 is 4.74 Å². The van der Waals surface area contributed by atoms with E-state index < -0.39 is 0 Å². The molecular weight excluding hydrogens is 452 g/mol. The van der Waals surface area contributed by atoms with Gasteiger partial charge in [-0.2, -0.15) is 0 Å². The number of rotatable bonds is 14. The van der Waals surface area contributed by atoms with Crippen molar-refractivity contribution >= 4 is 0 Å². The number of aryl methyl sites for hydroxylation is 3. The van der Waals surface area contributed by atoms with Crippen molar-refractivity contribution in [2.45, 2.75) is 105 Å². The molecule has 3 rings (SSSR count). The molecule has 3 heteroatoms. The first-order valence-corrected chi connectivity index (χ1v) is 14.4. The molecule has 1 heterocycles. The highest BCUT2D eigenvalue weighted by molar-refractivity contribution is 5.70. The lowest BCUT2D eigenvalue weighted by molar-refractivity contribution is 0.205. The van der Waals surface area contributed by atoms with Crippen LogP contribution in [0.15, 0.2) is 54.6 Å². The van der Waals surface area contributed by atoms with E-state index in [1.54, 1.807) is 0 Å². The zero-order valence-electron chi connectivity index (χ0n) is 24.3. The molecule has 0 radical (unpaired) electrons. The van der Waals surface area contributed by atoms with Crippen LogP contribution >= 0.6 is 0 Å². The monoisotopic (exact) mass is 500 g/mol. The zero-order chi connectivity index (χ0) is 26.8. The number of ether oxygens (including phenoxy) is 1. The van der Waals surface area contributed by atoms with Gasteiger partial charge in [-0.1, -0.05) is 95.0 Å². The summed E-state index contributed by atoms with van der Waals surface area (Å²) < 4.78 is 6.47. The van der Waals surface area contributed by atoms with Gasteiger partial charge in [-0.05, 0) is 63.8 Å². The van der Waals surface area contributed by atoms with Crippen LogP contribution in [0, 0.1) is 6.92 Å². The molecule has 0 aliphatic heterocycles. The van der Waals surface area contributed by atoms with Crippen molar-refractivity contribution in [2.24, 2.45) is 0 Å². The molecule has 0 N–H and O–H groups in total. The van der Waals surface area contributed by atoms with Gasteiger partial charge in [0.2, 0.25) is 0 Å². The number of hydrogen-bond acceptors (Lipinski definition) is 3. The molecule has 1 unspecified atom stereocenters. The van der Waals surface area contributed by atoms with Crippen molar-refractivity contribution < 1.29 is 4.74 Å². The summed E-state index contributed by atoms with van der Waals surface area (Å²) in [5.41, 5.74) is 8.66. The van der Waals surface area contributed by atoms with Gasteiger partial charge in [-0.25, -0.2) is 0 Å². The molecular formula is C34H48N2O. The summed E-state index contributed by atoms with van der Waals surface area (Å²) in [6, 6.07) is 20.2. The Kier molecular flexibility index (Phi) is 11.2. The van der Waals surface area contributed by atoms with Crippen LogP contribution in [0.4, 0.5) is 0 Å². The maximum Gasteiger partial charge on any atom is 0.128 e. The average Bonchev–Trinajstić information content (AvgIpc) is 2.90. The molecule has 0 aliphatic carbocycles. The normalized spacial score (nSPS) is 12.4. The number of nitrogens with zero attached hydrogens (tertiary/aromatic N) is 2. The second kappa shape index (κ2) is 14.3. The Morgan fingerprint density at radius 1 is 0.865 bits per heavy atom. The van der Waals surface area contributed by atoms with Gasteiger partial charge in [-0.3, -0.25) is 9.88 Å². The van der Waals surface area contributed by atoms with E-state index in [9.17, 15) is 0 Å². The molecule has 1 aromatic heterocycles. The van der Waals surface area contributed by atoms with E-state index in [4.69, 9.17) is 9.72 Å².